The van der Waals surface area contributed by atoms with Gasteiger partial charge in [0.1, 0.15) is 0 Å². The van der Waals surface area contributed by atoms with Crippen LogP contribution in [-0.4, -0.2) is 25.4 Å². The van der Waals surface area contributed by atoms with E-state index in [1.165, 1.54) is 42.5 Å². The van der Waals surface area contributed by atoms with Gasteiger partial charge in [0.25, 0.3) is 15.9 Å². The summed E-state index contributed by atoms with van der Waals surface area (Å²) in [6.07, 6.45) is 0. The molecule has 0 radical (unpaired) electrons. The van der Waals surface area contributed by atoms with Crippen molar-refractivity contribution in [1.82, 2.24) is 0 Å². The van der Waals surface area contributed by atoms with E-state index in [0.717, 1.165) is 4.47 Å². The normalized spacial score (nSPS) is 11.0. The van der Waals surface area contributed by atoms with Crippen molar-refractivity contribution < 1.29 is 23.1 Å². The molecule has 30 heavy (non-hydrogen) atoms. The highest BCUT2D eigenvalue weighted by atomic mass is 79.9. The number of anilines is 2. The molecule has 0 heterocycles. The molecule has 0 aliphatic rings. The van der Waals surface area contributed by atoms with Crippen LogP contribution in [-0.2, 0) is 10.0 Å². The molecular weight excluding hydrogens is 472 g/mol. The molecule has 0 aliphatic carbocycles. The number of rotatable bonds is 6. The van der Waals surface area contributed by atoms with E-state index in [2.05, 4.69) is 26.0 Å². The molecule has 0 bridgehead atoms. The van der Waals surface area contributed by atoms with Crippen molar-refractivity contribution in [2.24, 2.45) is 0 Å². The molecule has 1 amide bonds. The number of hydrogen-bond acceptors (Lipinski definition) is 4. The van der Waals surface area contributed by atoms with Gasteiger partial charge in [0.2, 0.25) is 0 Å². The number of nitrogens with one attached hydrogen (secondary N) is 2. The monoisotopic (exact) mass is 488 g/mol. The molecular formula is C21H17BrN2O5S. The third-order valence-electron chi connectivity index (χ3n) is 4.21. The predicted octanol–water partition coefficient (Wildman–Crippen LogP) is 4.51. The minimum Gasteiger partial charge on any atom is -0.478 e. The van der Waals surface area contributed by atoms with Gasteiger partial charge in [-0.3, -0.25) is 9.52 Å². The molecule has 3 aromatic carbocycles. The van der Waals surface area contributed by atoms with E-state index in [1.54, 1.807) is 31.2 Å². The third kappa shape index (κ3) is 5.05. The average Bonchev–Trinajstić information content (AvgIpc) is 2.69. The van der Waals surface area contributed by atoms with Crippen LogP contribution in [0.4, 0.5) is 11.4 Å². The van der Waals surface area contributed by atoms with Crippen molar-refractivity contribution in [3.63, 3.8) is 0 Å². The van der Waals surface area contributed by atoms with Crippen LogP contribution in [0, 0.1) is 6.92 Å². The lowest BCUT2D eigenvalue weighted by molar-refractivity contribution is 0.0696. The lowest BCUT2D eigenvalue weighted by Crippen LogP contribution is -2.16. The van der Waals surface area contributed by atoms with E-state index in [-0.39, 0.29) is 16.0 Å². The summed E-state index contributed by atoms with van der Waals surface area (Å²) in [5.41, 5.74) is 1.64. The molecule has 0 aromatic heterocycles. The number of aromatic carboxylic acids is 1. The number of carbonyl (C=O) groups excluding carboxylic acids is 1. The largest absolute Gasteiger partial charge is 0.478 e. The summed E-state index contributed by atoms with van der Waals surface area (Å²) in [4.78, 5) is 23.4. The Hall–Kier alpha value is -3.17. The molecule has 154 valence electrons. The van der Waals surface area contributed by atoms with Gasteiger partial charge in [-0.2, -0.15) is 0 Å². The molecule has 0 fully saturated rings. The van der Waals surface area contributed by atoms with Gasteiger partial charge in [0, 0.05) is 21.4 Å². The van der Waals surface area contributed by atoms with Crippen LogP contribution in [0.5, 0.6) is 0 Å². The molecule has 0 saturated carbocycles. The number of aryl methyl sites for hydroxylation is 1. The highest BCUT2D eigenvalue weighted by Gasteiger charge is 2.19. The number of carboxylic acids is 1. The van der Waals surface area contributed by atoms with E-state index < -0.39 is 21.9 Å². The Labute approximate surface area is 181 Å². The number of carbonyl (C=O) groups is 2. The minimum atomic E-state index is -3.82. The molecule has 0 aliphatic heterocycles. The molecule has 0 atom stereocenters. The first-order chi connectivity index (χ1) is 14.2. The second-order valence-electron chi connectivity index (χ2n) is 6.43. The van der Waals surface area contributed by atoms with Crippen molar-refractivity contribution in [2.75, 3.05) is 10.0 Å². The molecule has 3 rings (SSSR count). The van der Waals surface area contributed by atoms with Crippen LogP contribution in [0.1, 0.15) is 26.3 Å². The van der Waals surface area contributed by atoms with Gasteiger partial charge in [0.05, 0.1) is 10.5 Å². The Kier molecular flexibility index (Phi) is 6.23. The molecule has 0 spiro atoms. The van der Waals surface area contributed by atoms with Gasteiger partial charge >= 0.3 is 5.97 Å². The van der Waals surface area contributed by atoms with Gasteiger partial charge in [-0.15, -0.1) is 0 Å². The first kappa shape index (κ1) is 21.5. The summed E-state index contributed by atoms with van der Waals surface area (Å²) < 4.78 is 28.7. The van der Waals surface area contributed by atoms with E-state index in [1.807, 2.05) is 0 Å². The summed E-state index contributed by atoms with van der Waals surface area (Å²) in [6.45, 7) is 1.61. The lowest BCUT2D eigenvalue weighted by atomic mass is 10.1. The maximum absolute atomic E-state index is 12.7. The van der Waals surface area contributed by atoms with Crippen LogP contribution < -0.4 is 10.0 Å². The smallest absolute Gasteiger partial charge is 0.335 e. The highest BCUT2D eigenvalue weighted by molar-refractivity contribution is 9.10. The van der Waals surface area contributed by atoms with E-state index in [9.17, 15) is 18.0 Å². The van der Waals surface area contributed by atoms with Crippen molar-refractivity contribution in [2.45, 2.75) is 11.8 Å². The van der Waals surface area contributed by atoms with E-state index in [0.29, 0.717) is 16.9 Å². The SMILES string of the molecule is Cc1cc(C(=O)Nc2ccc(C(=O)O)cc2)ccc1S(=O)(=O)Nc1ccc(Br)cc1. The Balaban J connectivity index is 1.77. The summed E-state index contributed by atoms with van der Waals surface area (Å²) >= 11 is 3.30. The number of halogens is 1. The molecule has 9 heteroatoms. The summed E-state index contributed by atoms with van der Waals surface area (Å²) in [7, 11) is -3.82. The topological polar surface area (TPSA) is 113 Å². The Morgan fingerprint density at radius 2 is 1.43 bits per heavy atom. The fourth-order valence-electron chi connectivity index (χ4n) is 2.72. The standard InChI is InChI=1S/C21H17BrN2O5S/c1-13-12-15(20(25)23-17-7-2-14(3-8-17)21(26)27)4-11-19(13)30(28,29)24-18-9-5-16(22)6-10-18/h2-12,24H,1H3,(H,23,25)(H,26,27). The molecule has 7 nitrogen and oxygen atoms in total. The summed E-state index contributed by atoms with van der Waals surface area (Å²) in [5, 5.41) is 11.6. The average molecular weight is 489 g/mol. The molecule has 0 unspecified atom stereocenters. The van der Waals surface area contributed by atoms with Crippen LogP contribution in [0.25, 0.3) is 0 Å². The third-order valence-corrected chi connectivity index (χ3v) is 6.28. The number of sulfonamides is 1. The van der Waals surface area contributed by atoms with E-state index >= 15 is 0 Å². The van der Waals surface area contributed by atoms with E-state index in [4.69, 9.17) is 5.11 Å². The fraction of sp³-hybridized carbons (Fsp3) is 0.0476. The first-order valence-corrected chi connectivity index (χ1v) is 11.0. The summed E-state index contributed by atoms with van der Waals surface area (Å²) in [5.74, 6) is -1.50. The number of hydrogen-bond donors (Lipinski definition) is 3. The predicted molar refractivity (Wildman–Crippen MR) is 117 cm³/mol. The second-order valence-corrected chi connectivity index (χ2v) is 9.00. The number of amides is 1. The highest BCUT2D eigenvalue weighted by Crippen LogP contribution is 2.22. The summed E-state index contributed by atoms with van der Waals surface area (Å²) in [6, 6.07) is 16.7. The Bertz CT molecular complexity index is 1210. The zero-order valence-electron chi connectivity index (χ0n) is 15.7. The van der Waals surface area contributed by atoms with Gasteiger partial charge in [-0.1, -0.05) is 15.9 Å². The van der Waals surface area contributed by atoms with Crippen LogP contribution in [0.2, 0.25) is 0 Å². The van der Waals surface area contributed by atoms with Gasteiger partial charge in [0.15, 0.2) is 0 Å². The minimum absolute atomic E-state index is 0.0628. The van der Waals surface area contributed by atoms with Crippen LogP contribution >= 0.6 is 15.9 Å². The maximum atomic E-state index is 12.7. The van der Waals surface area contributed by atoms with Crippen molar-refractivity contribution in [3.8, 4) is 0 Å². The quantitative estimate of drug-likeness (QED) is 0.472. The second kappa shape index (κ2) is 8.68. The number of benzene rings is 3. The van der Waals surface area contributed by atoms with Gasteiger partial charge < -0.3 is 10.4 Å². The Morgan fingerprint density at radius 3 is 2.00 bits per heavy atom. The van der Waals surface area contributed by atoms with Crippen molar-refractivity contribution in [3.05, 3.63) is 87.9 Å². The zero-order chi connectivity index (χ0) is 21.9. The molecule has 0 saturated heterocycles. The maximum Gasteiger partial charge on any atom is 0.335 e. The van der Waals surface area contributed by atoms with Crippen molar-refractivity contribution >= 4 is 49.2 Å². The van der Waals surface area contributed by atoms with Gasteiger partial charge in [-0.25, -0.2) is 13.2 Å². The van der Waals surface area contributed by atoms with Crippen LogP contribution in [0.15, 0.2) is 76.1 Å². The fourth-order valence-corrected chi connectivity index (χ4v) is 4.27. The van der Waals surface area contributed by atoms with Crippen molar-refractivity contribution in [1.29, 1.82) is 0 Å². The van der Waals surface area contributed by atoms with Gasteiger partial charge in [-0.05, 0) is 79.2 Å². The zero-order valence-corrected chi connectivity index (χ0v) is 18.1. The lowest BCUT2D eigenvalue weighted by Gasteiger charge is -2.12. The van der Waals surface area contributed by atoms with Crippen LogP contribution in [0.3, 0.4) is 0 Å². The first-order valence-electron chi connectivity index (χ1n) is 8.69. The number of carboxylic acid groups (broad SMARTS) is 1. The molecule has 3 N–H and O–H groups in total. The Morgan fingerprint density at radius 1 is 0.867 bits per heavy atom. The molecule has 3 aromatic rings.